The summed E-state index contributed by atoms with van der Waals surface area (Å²) >= 11 is 0. The molecule has 0 spiro atoms. The van der Waals surface area contributed by atoms with Crippen LogP contribution in [-0.4, -0.2) is 46.2 Å². The Kier molecular flexibility index (Phi) is 6.86. The molecule has 10 nitrogen and oxygen atoms in total. The summed E-state index contributed by atoms with van der Waals surface area (Å²) in [6.45, 7) is 7.09. The van der Waals surface area contributed by atoms with Gasteiger partial charge in [-0.2, -0.15) is 5.10 Å². The second-order valence-electron chi connectivity index (χ2n) is 8.59. The number of pyridine rings is 1. The molecule has 10 heteroatoms. The van der Waals surface area contributed by atoms with Gasteiger partial charge in [0.15, 0.2) is 12.3 Å². The molecule has 4 aromatic rings. The molecule has 0 atom stereocenters. The number of aryl methyl sites for hydroxylation is 2. The largest absolute Gasteiger partial charge is 0.466 e. The van der Waals surface area contributed by atoms with E-state index in [1.165, 1.54) is 13.1 Å². The van der Waals surface area contributed by atoms with Crippen molar-refractivity contribution in [3.05, 3.63) is 65.2 Å². The molecule has 0 saturated carbocycles. The summed E-state index contributed by atoms with van der Waals surface area (Å²) in [4.78, 5) is 42.1. The molecule has 0 unspecified atom stereocenters. The van der Waals surface area contributed by atoms with E-state index in [0.29, 0.717) is 33.7 Å². The Bertz CT molecular complexity index is 1470. The molecule has 4 rings (SSSR count). The van der Waals surface area contributed by atoms with Crippen molar-refractivity contribution in [2.24, 2.45) is 0 Å². The van der Waals surface area contributed by atoms with Crippen molar-refractivity contribution in [1.82, 2.24) is 20.1 Å². The molecule has 0 radical (unpaired) electrons. The molecule has 0 aliphatic rings. The van der Waals surface area contributed by atoms with Crippen LogP contribution in [0.25, 0.3) is 22.3 Å². The molecule has 1 aromatic carbocycles. The monoisotopic (exact) mass is 489 g/mol. The third kappa shape index (κ3) is 4.97. The topological polar surface area (TPSA) is 128 Å². The van der Waals surface area contributed by atoms with Crippen LogP contribution in [0.4, 0.5) is 5.69 Å². The van der Waals surface area contributed by atoms with E-state index in [4.69, 9.17) is 14.1 Å². The fraction of sp³-hybridized carbons (Fsp3) is 0.269. The van der Waals surface area contributed by atoms with Gasteiger partial charge in [0.1, 0.15) is 11.5 Å². The molecule has 2 N–H and O–H groups in total. The molecular weight excluding hydrogens is 462 g/mol. The average Bonchev–Trinajstić information content (AvgIpc) is 3.43. The van der Waals surface area contributed by atoms with Crippen LogP contribution in [0.1, 0.15) is 52.1 Å². The van der Waals surface area contributed by atoms with Crippen LogP contribution < -0.4 is 10.6 Å². The average molecular weight is 490 g/mol. The SMILES string of the molecule is CNC(=O)c1cccc(NC(=O)COC(=O)c2cc(-c3cc(C)oc3C)nc3c2cnn3C(C)C)c1. The van der Waals surface area contributed by atoms with Gasteiger partial charge in [-0.1, -0.05) is 6.07 Å². The summed E-state index contributed by atoms with van der Waals surface area (Å²) in [6.07, 6.45) is 1.57. The number of furan rings is 1. The molecule has 0 fully saturated rings. The zero-order valence-corrected chi connectivity index (χ0v) is 20.7. The van der Waals surface area contributed by atoms with Gasteiger partial charge in [-0.15, -0.1) is 0 Å². The Morgan fingerprint density at radius 2 is 1.92 bits per heavy atom. The number of amides is 2. The van der Waals surface area contributed by atoms with Crippen LogP contribution in [0.5, 0.6) is 0 Å². The molecule has 0 aliphatic heterocycles. The van der Waals surface area contributed by atoms with E-state index in [9.17, 15) is 14.4 Å². The summed E-state index contributed by atoms with van der Waals surface area (Å²) in [5.41, 5.74) is 2.88. The first kappa shape index (κ1) is 24.6. The van der Waals surface area contributed by atoms with E-state index in [-0.39, 0.29) is 17.5 Å². The lowest BCUT2D eigenvalue weighted by atomic mass is 10.1. The summed E-state index contributed by atoms with van der Waals surface area (Å²) in [7, 11) is 1.52. The number of nitrogens with one attached hydrogen (secondary N) is 2. The number of hydrogen-bond acceptors (Lipinski definition) is 7. The molecule has 0 aliphatic carbocycles. The lowest BCUT2D eigenvalue weighted by Crippen LogP contribution is -2.22. The Morgan fingerprint density at radius 1 is 1.14 bits per heavy atom. The van der Waals surface area contributed by atoms with Crippen LogP contribution in [0.3, 0.4) is 0 Å². The maximum atomic E-state index is 13.1. The minimum Gasteiger partial charge on any atom is -0.466 e. The highest BCUT2D eigenvalue weighted by molar-refractivity contribution is 6.05. The fourth-order valence-corrected chi connectivity index (χ4v) is 3.88. The smallest absolute Gasteiger partial charge is 0.339 e. The van der Waals surface area contributed by atoms with Crippen molar-refractivity contribution < 1.29 is 23.5 Å². The predicted molar refractivity (Wildman–Crippen MR) is 134 cm³/mol. The lowest BCUT2D eigenvalue weighted by Gasteiger charge is -2.11. The van der Waals surface area contributed by atoms with Crippen LogP contribution in [0.15, 0.2) is 47.0 Å². The first-order valence-corrected chi connectivity index (χ1v) is 11.4. The summed E-state index contributed by atoms with van der Waals surface area (Å²) in [6, 6.07) is 9.94. The minimum atomic E-state index is -0.681. The van der Waals surface area contributed by atoms with Gasteiger partial charge < -0.3 is 19.8 Å². The van der Waals surface area contributed by atoms with Crippen molar-refractivity contribution in [2.45, 2.75) is 33.7 Å². The van der Waals surface area contributed by atoms with Gasteiger partial charge in [0.05, 0.1) is 22.8 Å². The highest BCUT2D eigenvalue weighted by Crippen LogP contribution is 2.30. The standard InChI is InChI=1S/C26H27N5O5/c1-14(2)31-24-21(12-28-31)20(11-22(30-24)19-9-15(3)36-16(19)4)26(34)35-13-23(32)29-18-8-6-7-17(10-18)25(33)27-5/h6-12,14H,13H2,1-5H3,(H,27,33)(H,29,32). The zero-order chi connectivity index (χ0) is 26.0. The number of nitrogens with zero attached hydrogens (tertiary/aromatic N) is 3. The summed E-state index contributed by atoms with van der Waals surface area (Å²) < 4.78 is 12.7. The van der Waals surface area contributed by atoms with Crippen LogP contribution in [0, 0.1) is 13.8 Å². The Hall–Kier alpha value is -4.47. The van der Waals surface area contributed by atoms with Gasteiger partial charge in [-0.05, 0) is 58.0 Å². The Morgan fingerprint density at radius 3 is 2.58 bits per heavy atom. The molecule has 186 valence electrons. The van der Waals surface area contributed by atoms with E-state index >= 15 is 0 Å². The fourth-order valence-electron chi connectivity index (χ4n) is 3.88. The first-order chi connectivity index (χ1) is 17.2. The van der Waals surface area contributed by atoms with Crippen molar-refractivity contribution in [3.8, 4) is 11.3 Å². The molecule has 0 saturated heterocycles. The second kappa shape index (κ2) is 10.0. The lowest BCUT2D eigenvalue weighted by molar-refractivity contribution is -0.119. The van der Waals surface area contributed by atoms with Gasteiger partial charge >= 0.3 is 5.97 Å². The maximum Gasteiger partial charge on any atom is 0.339 e. The number of carbonyl (C=O) groups is 3. The van der Waals surface area contributed by atoms with Gasteiger partial charge in [-0.3, -0.25) is 9.59 Å². The van der Waals surface area contributed by atoms with E-state index in [1.807, 2.05) is 33.8 Å². The van der Waals surface area contributed by atoms with E-state index in [1.54, 1.807) is 35.1 Å². The Balaban J connectivity index is 1.58. The number of fused-ring (bicyclic) bond motifs is 1. The van der Waals surface area contributed by atoms with Crippen LogP contribution >= 0.6 is 0 Å². The molecule has 3 aromatic heterocycles. The molecule has 0 bridgehead atoms. The number of hydrogen-bond donors (Lipinski definition) is 2. The first-order valence-electron chi connectivity index (χ1n) is 11.4. The second-order valence-corrected chi connectivity index (χ2v) is 8.59. The summed E-state index contributed by atoms with van der Waals surface area (Å²) in [5, 5.41) is 10.1. The van der Waals surface area contributed by atoms with E-state index < -0.39 is 18.5 Å². The van der Waals surface area contributed by atoms with Crippen molar-refractivity contribution in [2.75, 3.05) is 19.0 Å². The maximum absolute atomic E-state index is 13.1. The van der Waals surface area contributed by atoms with E-state index in [2.05, 4.69) is 15.7 Å². The highest BCUT2D eigenvalue weighted by atomic mass is 16.5. The number of anilines is 1. The van der Waals surface area contributed by atoms with Gasteiger partial charge in [0.2, 0.25) is 0 Å². The third-order valence-corrected chi connectivity index (χ3v) is 5.56. The predicted octanol–water partition coefficient (Wildman–Crippen LogP) is 4.04. The van der Waals surface area contributed by atoms with Crippen molar-refractivity contribution >= 4 is 34.5 Å². The normalized spacial score (nSPS) is 11.1. The number of rotatable bonds is 7. The molecular formula is C26H27N5O5. The number of ether oxygens (including phenoxy) is 1. The Labute approximate surface area is 207 Å². The number of benzene rings is 1. The van der Waals surface area contributed by atoms with Crippen molar-refractivity contribution in [3.63, 3.8) is 0 Å². The third-order valence-electron chi connectivity index (χ3n) is 5.56. The van der Waals surface area contributed by atoms with E-state index in [0.717, 1.165) is 11.3 Å². The summed E-state index contributed by atoms with van der Waals surface area (Å²) in [5.74, 6) is -0.100. The number of esters is 1. The van der Waals surface area contributed by atoms with Crippen molar-refractivity contribution in [1.29, 1.82) is 0 Å². The highest BCUT2D eigenvalue weighted by Gasteiger charge is 2.22. The van der Waals surface area contributed by atoms with Gasteiger partial charge in [-0.25, -0.2) is 14.5 Å². The van der Waals surface area contributed by atoms with Gasteiger partial charge in [0, 0.05) is 29.9 Å². The van der Waals surface area contributed by atoms with Gasteiger partial charge in [0.25, 0.3) is 11.8 Å². The zero-order valence-electron chi connectivity index (χ0n) is 20.7. The quantitative estimate of drug-likeness (QED) is 0.375. The number of carbonyl (C=O) groups excluding carboxylic acids is 3. The number of aromatic nitrogens is 3. The molecule has 2 amide bonds. The molecule has 3 heterocycles. The minimum absolute atomic E-state index is 0.0117. The van der Waals surface area contributed by atoms with Crippen LogP contribution in [0.2, 0.25) is 0 Å². The van der Waals surface area contributed by atoms with Crippen LogP contribution in [-0.2, 0) is 9.53 Å². The molecule has 36 heavy (non-hydrogen) atoms.